The first-order valence-electron chi connectivity index (χ1n) is 9.23. The van der Waals surface area contributed by atoms with E-state index in [0.29, 0.717) is 24.3 Å². The zero-order valence-electron chi connectivity index (χ0n) is 14.6. The molecule has 0 bridgehead atoms. The lowest BCUT2D eigenvalue weighted by atomic mass is 9.93. The minimum absolute atomic E-state index is 0.00476. The van der Waals surface area contributed by atoms with Gasteiger partial charge in [-0.15, -0.1) is 0 Å². The molecule has 0 spiro atoms. The molecule has 3 atom stereocenters. The fraction of sp³-hybridized carbons (Fsp3) is 0.526. The quantitative estimate of drug-likeness (QED) is 0.789. The lowest BCUT2D eigenvalue weighted by Crippen LogP contribution is -2.52. The highest BCUT2D eigenvalue weighted by molar-refractivity contribution is 6.05. The van der Waals surface area contributed by atoms with Crippen LogP contribution in [0.15, 0.2) is 18.2 Å². The zero-order chi connectivity index (χ0) is 18.3. The Hall–Kier alpha value is -2.41. The summed E-state index contributed by atoms with van der Waals surface area (Å²) in [5.41, 5.74) is 7.59. The molecule has 1 aliphatic carbocycles. The van der Waals surface area contributed by atoms with Crippen LogP contribution in [0.2, 0.25) is 0 Å². The van der Waals surface area contributed by atoms with E-state index in [-0.39, 0.29) is 30.4 Å². The maximum absolute atomic E-state index is 12.7. The molecule has 2 fully saturated rings. The fourth-order valence-corrected chi connectivity index (χ4v) is 4.07. The highest BCUT2D eigenvalue weighted by Crippen LogP contribution is 2.31. The van der Waals surface area contributed by atoms with Gasteiger partial charge < -0.3 is 15.4 Å². The molecule has 7 heteroatoms. The highest BCUT2D eigenvalue weighted by atomic mass is 16.5. The predicted octanol–water partition coefficient (Wildman–Crippen LogP) is 1.10. The maximum atomic E-state index is 12.7. The largest absolute Gasteiger partial charge is 0.489 e. The molecule has 0 radical (unpaired) electrons. The summed E-state index contributed by atoms with van der Waals surface area (Å²) in [4.78, 5) is 37.6. The second kappa shape index (κ2) is 6.72. The second-order valence-electron chi connectivity index (χ2n) is 7.32. The lowest BCUT2D eigenvalue weighted by molar-refractivity contribution is -0.136. The molecule has 0 aromatic heterocycles. The number of rotatable bonds is 3. The number of imide groups is 1. The van der Waals surface area contributed by atoms with Gasteiger partial charge in [0.05, 0.1) is 0 Å². The van der Waals surface area contributed by atoms with Crippen LogP contribution in [-0.2, 0) is 16.1 Å². The minimum atomic E-state index is -0.594. The van der Waals surface area contributed by atoms with Crippen LogP contribution >= 0.6 is 0 Å². The number of nitrogens with two attached hydrogens (primary N) is 1. The van der Waals surface area contributed by atoms with Gasteiger partial charge in [-0.1, -0.05) is 6.42 Å². The molecule has 1 aromatic carbocycles. The Balaban J connectivity index is 1.49. The van der Waals surface area contributed by atoms with Crippen molar-refractivity contribution in [3.05, 3.63) is 29.3 Å². The number of hydrogen-bond acceptors (Lipinski definition) is 5. The Morgan fingerprint density at radius 3 is 2.69 bits per heavy atom. The molecule has 4 rings (SSSR count). The first kappa shape index (κ1) is 17.0. The first-order valence-corrected chi connectivity index (χ1v) is 9.23. The Labute approximate surface area is 151 Å². The molecule has 3 aliphatic rings. The molecule has 2 aliphatic heterocycles. The summed E-state index contributed by atoms with van der Waals surface area (Å²) in [7, 11) is 0. The molecule has 26 heavy (non-hydrogen) atoms. The van der Waals surface area contributed by atoms with Gasteiger partial charge in [0.25, 0.3) is 5.91 Å². The number of carbonyl (C=O) groups is 3. The van der Waals surface area contributed by atoms with Crippen molar-refractivity contribution < 1.29 is 19.1 Å². The third-order valence-electron chi connectivity index (χ3n) is 5.54. The van der Waals surface area contributed by atoms with Crippen LogP contribution in [0.3, 0.4) is 0 Å². The molecular weight excluding hydrogens is 334 g/mol. The Kier molecular flexibility index (Phi) is 4.40. The number of benzene rings is 1. The SMILES string of the molecule is NC1CCCC[C@@H]1Oc1ccc2c(c1)CN(C1CCC(=O)NC1=O)C2=O. The van der Waals surface area contributed by atoms with Crippen molar-refractivity contribution >= 4 is 17.7 Å². The number of nitrogens with zero attached hydrogens (tertiary/aromatic N) is 1. The molecule has 2 unspecified atom stereocenters. The number of carbonyl (C=O) groups excluding carboxylic acids is 3. The maximum Gasteiger partial charge on any atom is 0.255 e. The van der Waals surface area contributed by atoms with E-state index in [1.54, 1.807) is 17.0 Å². The van der Waals surface area contributed by atoms with E-state index >= 15 is 0 Å². The Morgan fingerprint density at radius 1 is 1.12 bits per heavy atom. The minimum Gasteiger partial charge on any atom is -0.489 e. The standard InChI is InChI=1S/C19H23N3O4/c20-14-3-1-2-4-16(14)26-12-5-6-13-11(9-12)10-22(19(13)25)15-7-8-17(23)21-18(15)24/h5-6,9,14-16H,1-4,7-8,10,20H2,(H,21,23,24)/t14?,15?,16-/m0/s1. The molecule has 2 heterocycles. The average molecular weight is 357 g/mol. The van der Waals surface area contributed by atoms with Crippen molar-refractivity contribution in [1.29, 1.82) is 0 Å². The van der Waals surface area contributed by atoms with Gasteiger partial charge in [-0.3, -0.25) is 19.7 Å². The summed E-state index contributed by atoms with van der Waals surface area (Å²) in [5, 5.41) is 2.31. The first-order chi connectivity index (χ1) is 12.5. The van der Waals surface area contributed by atoms with Crippen molar-refractivity contribution in [2.24, 2.45) is 5.73 Å². The van der Waals surface area contributed by atoms with Gasteiger partial charge in [0.1, 0.15) is 17.9 Å². The van der Waals surface area contributed by atoms with E-state index in [4.69, 9.17) is 10.5 Å². The normalized spacial score (nSPS) is 28.7. The Bertz CT molecular complexity index is 763. The van der Waals surface area contributed by atoms with E-state index in [0.717, 1.165) is 31.2 Å². The topological polar surface area (TPSA) is 102 Å². The van der Waals surface area contributed by atoms with Gasteiger partial charge in [-0.05, 0) is 49.4 Å². The summed E-state index contributed by atoms with van der Waals surface area (Å²) >= 11 is 0. The van der Waals surface area contributed by atoms with Crippen LogP contribution < -0.4 is 15.8 Å². The number of amides is 3. The molecule has 138 valence electrons. The van der Waals surface area contributed by atoms with E-state index in [2.05, 4.69) is 5.32 Å². The third-order valence-corrected chi connectivity index (χ3v) is 5.54. The smallest absolute Gasteiger partial charge is 0.255 e. The van der Waals surface area contributed by atoms with Crippen molar-refractivity contribution in [2.75, 3.05) is 0 Å². The monoisotopic (exact) mass is 357 g/mol. The van der Waals surface area contributed by atoms with Gasteiger partial charge in [0.15, 0.2) is 0 Å². The van der Waals surface area contributed by atoms with Gasteiger partial charge in [-0.25, -0.2) is 0 Å². The van der Waals surface area contributed by atoms with Crippen molar-refractivity contribution in [3.63, 3.8) is 0 Å². The number of hydrogen-bond donors (Lipinski definition) is 2. The number of ether oxygens (including phenoxy) is 1. The van der Waals surface area contributed by atoms with E-state index in [9.17, 15) is 14.4 Å². The van der Waals surface area contributed by atoms with E-state index < -0.39 is 11.9 Å². The molecule has 3 N–H and O–H groups in total. The van der Waals surface area contributed by atoms with Crippen molar-refractivity contribution in [3.8, 4) is 5.75 Å². The van der Waals surface area contributed by atoms with E-state index in [1.165, 1.54) is 0 Å². The van der Waals surface area contributed by atoms with Crippen LogP contribution in [0.4, 0.5) is 0 Å². The molecule has 1 saturated carbocycles. The average Bonchev–Trinajstić information content (AvgIpc) is 2.93. The predicted molar refractivity (Wildman–Crippen MR) is 93.3 cm³/mol. The highest BCUT2D eigenvalue weighted by Gasteiger charge is 2.39. The van der Waals surface area contributed by atoms with Crippen molar-refractivity contribution in [2.45, 2.75) is 63.3 Å². The number of piperidine rings is 1. The number of fused-ring (bicyclic) bond motifs is 1. The van der Waals surface area contributed by atoms with E-state index in [1.807, 2.05) is 6.07 Å². The van der Waals surface area contributed by atoms with Crippen LogP contribution in [-0.4, -0.2) is 40.8 Å². The van der Waals surface area contributed by atoms with Crippen molar-refractivity contribution in [1.82, 2.24) is 10.2 Å². The summed E-state index contributed by atoms with van der Waals surface area (Å²) in [5.74, 6) is -0.138. The van der Waals surface area contributed by atoms with Gasteiger partial charge in [-0.2, -0.15) is 0 Å². The van der Waals surface area contributed by atoms with Gasteiger partial charge >= 0.3 is 0 Å². The zero-order valence-corrected chi connectivity index (χ0v) is 14.6. The van der Waals surface area contributed by atoms with Gasteiger partial charge in [0, 0.05) is 24.6 Å². The van der Waals surface area contributed by atoms with Crippen LogP contribution in [0, 0.1) is 0 Å². The third kappa shape index (κ3) is 3.07. The number of nitrogens with one attached hydrogen (secondary N) is 1. The summed E-state index contributed by atoms with van der Waals surface area (Å²) in [6, 6.07) is 4.88. The second-order valence-corrected chi connectivity index (χ2v) is 7.32. The summed E-state index contributed by atoms with van der Waals surface area (Å²) in [6.45, 7) is 0.356. The molecule has 3 amide bonds. The van der Waals surface area contributed by atoms with Crippen LogP contribution in [0.5, 0.6) is 5.75 Å². The van der Waals surface area contributed by atoms with Crippen LogP contribution in [0.1, 0.15) is 54.4 Å². The molecule has 7 nitrogen and oxygen atoms in total. The van der Waals surface area contributed by atoms with Gasteiger partial charge in [0.2, 0.25) is 11.8 Å². The fourth-order valence-electron chi connectivity index (χ4n) is 4.07. The summed E-state index contributed by atoms with van der Waals surface area (Å²) in [6.07, 6.45) is 4.79. The molecule has 1 saturated heterocycles. The van der Waals surface area contributed by atoms with Crippen LogP contribution in [0.25, 0.3) is 0 Å². The Morgan fingerprint density at radius 2 is 1.92 bits per heavy atom. The molecule has 1 aromatic rings. The lowest BCUT2D eigenvalue weighted by Gasteiger charge is -2.29. The molecular formula is C19H23N3O4. The summed E-state index contributed by atoms with van der Waals surface area (Å²) < 4.78 is 6.07.